The second-order valence-corrected chi connectivity index (χ2v) is 7.38. The van der Waals surface area contributed by atoms with E-state index in [4.69, 9.17) is 4.74 Å². The van der Waals surface area contributed by atoms with Gasteiger partial charge in [0, 0.05) is 0 Å². The highest BCUT2D eigenvalue weighted by Crippen LogP contribution is 2.47. The van der Waals surface area contributed by atoms with Crippen molar-refractivity contribution in [2.45, 2.75) is 43.3 Å². The standard InChI is InChI=1S/C14H17NO4S/c1-14(9-10-7-8-12(14)19-10)13(16)15-20(17,18)11-5-3-2-4-6-11/h2-6,10,12H,7-9H2,1H3,(H,15,16)/t10-,12+,14+/m1/s1. The van der Waals surface area contributed by atoms with Crippen LogP contribution in [0, 0.1) is 5.41 Å². The van der Waals surface area contributed by atoms with Gasteiger partial charge in [-0.2, -0.15) is 0 Å². The van der Waals surface area contributed by atoms with E-state index in [1.54, 1.807) is 25.1 Å². The highest BCUT2D eigenvalue weighted by molar-refractivity contribution is 7.90. The molecule has 0 radical (unpaired) electrons. The molecule has 0 spiro atoms. The van der Waals surface area contributed by atoms with Crippen molar-refractivity contribution in [3.8, 4) is 0 Å². The fourth-order valence-corrected chi connectivity index (χ4v) is 4.18. The molecular formula is C14H17NO4S. The second kappa shape index (κ2) is 4.56. The fraction of sp³-hybridized carbons (Fsp3) is 0.500. The number of fused-ring (bicyclic) bond motifs is 2. The summed E-state index contributed by atoms with van der Waals surface area (Å²) in [6.07, 6.45) is 2.29. The largest absolute Gasteiger partial charge is 0.374 e. The minimum Gasteiger partial charge on any atom is -0.374 e. The Kier molecular flexibility index (Phi) is 3.10. The van der Waals surface area contributed by atoms with Gasteiger partial charge in [0.15, 0.2) is 0 Å². The van der Waals surface area contributed by atoms with Crippen molar-refractivity contribution in [3.05, 3.63) is 30.3 Å². The predicted molar refractivity (Wildman–Crippen MR) is 72.4 cm³/mol. The van der Waals surface area contributed by atoms with Crippen LogP contribution in [0.1, 0.15) is 26.2 Å². The third-order valence-electron chi connectivity index (χ3n) is 4.27. The maximum atomic E-state index is 12.4. The number of hydrogen-bond donors (Lipinski definition) is 1. The van der Waals surface area contributed by atoms with Crippen LogP contribution in [-0.2, 0) is 19.6 Å². The van der Waals surface area contributed by atoms with Crippen LogP contribution in [0.2, 0.25) is 0 Å². The van der Waals surface area contributed by atoms with Crippen LogP contribution in [0.15, 0.2) is 35.2 Å². The van der Waals surface area contributed by atoms with Gasteiger partial charge in [-0.1, -0.05) is 18.2 Å². The predicted octanol–water partition coefficient (Wildman–Crippen LogP) is 1.45. The number of sulfonamides is 1. The highest BCUT2D eigenvalue weighted by atomic mass is 32.2. The number of amides is 1. The van der Waals surface area contributed by atoms with Crippen LogP contribution in [0.5, 0.6) is 0 Å². The Balaban J connectivity index is 1.80. The lowest BCUT2D eigenvalue weighted by Crippen LogP contribution is -2.47. The molecule has 6 heteroatoms. The molecule has 2 aliphatic heterocycles. The summed E-state index contributed by atoms with van der Waals surface area (Å²) in [5.74, 6) is -0.464. The van der Waals surface area contributed by atoms with Crippen molar-refractivity contribution >= 4 is 15.9 Å². The molecule has 1 amide bonds. The van der Waals surface area contributed by atoms with Crippen LogP contribution in [-0.4, -0.2) is 26.5 Å². The zero-order valence-electron chi connectivity index (χ0n) is 11.2. The van der Waals surface area contributed by atoms with E-state index in [0.717, 1.165) is 12.8 Å². The van der Waals surface area contributed by atoms with Crippen LogP contribution in [0.3, 0.4) is 0 Å². The molecule has 0 aliphatic carbocycles. The smallest absolute Gasteiger partial charge is 0.264 e. The minimum atomic E-state index is -3.81. The molecule has 1 aromatic carbocycles. The first-order valence-corrected chi connectivity index (χ1v) is 8.18. The first-order valence-electron chi connectivity index (χ1n) is 6.69. The van der Waals surface area contributed by atoms with Crippen LogP contribution in [0.4, 0.5) is 0 Å². The third-order valence-corrected chi connectivity index (χ3v) is 5.62. The summed E-state index contributed by atoms with van der Waals surface area (Å²) in [6, 6.07) is 7.92. The molecule has 0 aromatic heterocycles. The Labute approximate surface area is 118 Å². The summed E-state index contributed by atoms with van der Waals surface area (Å²) in [5, 5.41) is 0. The van der Waals surface area contributed by atoms with Gasteiger partial charge in [-0.3, -0.25) is 4.79 Å². The van der Waals surface area contributed by atoms with Crippen molar-refractivity contribution in [2.24, 2.45) is 5.41 Å². The number of rotatable bonds is 3. The van der Waals surface area contributed by atoms with Gasteiger partial charge in [-0.15, -0.1) is 0 Å². The molecule has 1 N–H and O–H groups in total. The summed E-state index contributed by atoms with van der Waals surface area (Å²) in [5.41, 5.74) is -0.745. The van der Waals surface area contributed by atoms with Crippen LogP contribution >= 0.6 is 0 Å². The first kappa shape index (κ1) is 13.6. The summed E-state index contributed by atoms with van der Waals surface area (Å²) >= 11 is 0. The maximum absolute atomic E-state index is 12.4. The summed E-state index contributed by atoms with van der Waals surface area (Å²) < 4.78 is 32.2. The molecule has 108 valence electrons. The zero-order valence-corrected chi connectivity index (χ0v) is 12.0. The van der Waals surface area contributed by atoms with Gasteiger partial charge in [-0.05, 0) is 38.3 Å². The molecular weight excluding hydrogens is 278 g/mol. The van der Waals surface area contributed by atoms with E-state index in [1.807, 2.05) is 0 Å². The number of carbonyl (C=O) groups is 1. The molecule has 0 saturated carbocycles. The van der Waals surface area contributed by atoms with E-state index in [0.29, 0.717) is 6.42 Å². The zero-order chi connectivity index (χ0) is 14.4. The SMILES string of the molecule is C[C@]1(C(=O)NS(=O)(=O)c2ccccc2)C[C@H]2CC[C@@H]1O2. The van der Waals surface area contributed by atoms with E-state index >= 15 is 0 Å². The molecule has 20 heavy (non-hydrogen) atoms. The minimum absolute atomic E-state index is 0.0928. The Bertz CT molecular complexity index is 628. The first-order chi connectivity index (χ1) is 9.42. The van der Waals surface area contributed by atoms with Crippen LogP contribution in [0.25, 0.3) is 0 Å². The number of carbonyl (C=O) groups excluding carboxylic acids is 1. The average molecular weight is 295 g/mol. The summed E-state index contributed by atoms with van der Waals surface area (Å²) in [4.78, 5) is 12.5. The molecule has 5 nitrogen and oxygen atoms in total. The fourth-order valence-electron chi connectivity index (χ4n) is 3.07. The van der Waals surface area contributed by atoms with E-state index < -0.39 is 21.3 Å². The van der Waals surface area contributed by atoms with E-state index in [9.17, 15) is 13.2 Å². The molecule has 2 aliphatic rings. The van der Waals surface area contributed by atoms with Gasteiger partial charge in [0.1, 0.15) is 0 Å². The Morgan fingerprint density at radius 2 is 2.00 bits per heavy atom. The molecule has 1 aromatic rings. The van der Waals surface area contributed by atoms with E-state index in [1.165, 1.54) is 12.1 Å². The topological polar surface area (TPSA) is 72.5 Å². The number of ether oxygens (including phenoxy) is 1. The quantitative estimate of drug-likeness (QED) is 0.916. The van der Waals surface area contributed by atoms with Gasteiger partial charge < -0.3 is 4.74 Å². The average Bonchev–Trinajstić information content (AvgIpc) is 3.00. The summed E-state index contributed by atoms with van der Waals surface area (Å²) in [6.45, 7) is 1.78. The van der Waals surface area contributed by atoms with E-state index in [2.05, 4.69) is 4.72 Å². The molecule has 2 bridgehead atoms. The normalized spacial score (nSPS) is 32.2. The Hall–Kier alpha value is -1.40. The Morgan fingerprint density at radius 3 is 2.55 bits per heavy atom. The summed E-state index contributed by atoms with van der Waals surface area (Å²) in [7, 11) is -3.81. The van der Waals surface area contributed by atoms with Gasteiger partial charge in [0.25, 0.3) is 10.0 Å². The van der Waals surface area contributed by atoms with Gasteiger partial charge in [0.2, 0.25) is 5.91 Å². The lowest BCUT2D eigenvalue weighted by Gasteiger charge is -2.29. The van der Waals surface area contributed by atoms with Gasteiger partial charge >= 0.3 is 0 Å². The Morgan fingerprint density at radius 1 is 1.30 bits per heavy atom. The third kappa shape index (κ3) is 2.13. The number of nitrogens with one attached hydrogen (secondary N) is 1. The van der Waals surface area contributed by atoms with Gasteiger partial charge in [-0.25, -0.2) is 13.1 Å². The molecule has 2 fully saturated rings. The van der Waals surface area contributed by atoms with Crippen LogP contribution < -0.4 is 4.72 Å². The maximum Gasteiger partial charge on any atom is 0.264 e. The molecule has 0 unspecified atom stereocenters. The molecule has 3 atom stereocenters. The van der Waals surface area contributed by atoms with Crippen molar-refractivity contribution in [3.63, 3.8) is 0 Å². The molecule has 3 rings (SSSR count). The monoisotopic (exact) mass is 295 g/mol. The lowest BCUT2D eigenvalue weighted by atomic mass is 9.75. The highest BCUT2D eigenvalue weighted by Gasteiger charge is 2.54. The van der Waals surface area contributed by atoms with Gasteiger partial charge in [0.05, 0.1) is 22.5 Å². The van der Waals surface area contributed by atoms with Crippen molar-refractivity contribution in [2.75, 3.05) is 0 Å². The second-order valence-electron chi connectivity index (χ2n) is 5.69. The number of hydrogen-bond acceptors (Lipinski definition) is 4. The van der Waals surface area contributed by atoms with Crippen molar-refractivity contribution in [1.82, 2.24) is 4.72 Å². The number of benzene rings is 1. The van der Waals surface area contributed by atoms with E-state index in [-0.39, 0.29) is 17.1 Å². The molecule has 2 saturated heterocycles. The molecule has 2 heterocycles. The van der Waals surface area contributed by atoms with Crippen molar-refractivity contribution in [1.29, 1.82) is 0 Å². The van der Waals surface area contributed by atoms with Crippen molar-refractivity contribution < 1.29 is 17.9 Å². The lowest BCUT2D eigenvalue weighted by molar-refractivity contribution is -0.131.